The van der Waals surface area contributed by atoms with E-state index < -0.39 is 24.4 Å². The predicted molar refractivity (Wildman–Crippen MR) is 151 cm³/mol. The summed E-state index contributed by atoms with van der Waals surface area (Å²) in [6.45, 7) is 1.95. The lowest BCUT2D eigenvalue weighted by molar-refractivity contribution is -0.127. The Bertz CT molecular complexity index is 1710. The van der Waals surface area contributed by atoms with E-state index in [0.29, 0.717) is 33.8 Å². The number of nitrogens with two attached hydrogens (primary N) is 1. The number of hydrogen-bond acceptors (Lipinski definition) is 8. The zero-order valence-electron chi connectivity index (χ0n) is 22.9. The van der Waals surface area contributed by atoms with Crippen LogP contribution in [-0.4, -0.2) is 64.1 Å². The van der Waals surface area contributed by atoms with Gasteiger partial charge >= 0.3 is 12.1 Å². The Balaban J connectivity index is 0.000000548. The van der Waals surface area contributed by atoms with Gasteiger partial charge in [-0.1, -0.05) is 30.3 Å². The Labute approximate surface area is 243 Å². The maximum absolute atomic E-state index is 14.6. The summed E-state index contributed by atoms with van der Waals surface area (Å²) in [6, 6.07) is 17.5. The molecule has 1 unspecified atom stereocenters. The molecule has 0 bridgehead atoms. The molecule has 0 saturated carbocycles. The molecule has 9 nitrogen and oxygen atoms in total. The number of pyridine rings is 2. The molecule has 2 aromatic carbocycles. The van der Waals surface area contributed by atoms with E-state index in [9.17, 15) is 22.4 Å². The van der Waals surface area contributed by atoms with Crippen molar-refractivity contribution in [2.75, 3.05) is 26.3 Å². The van der Waals surface area contributed by atoms with Crippen molar-refractivity contribution in [2.45, 2.75) is 25.1 Å². The second kappa shape index (κ2) is 13.1. The molecule has 13 heteroatoms. The minimum Gasteiger partial charge on any atom is -0.487 e. The summed E-state index contributed by atoms with van der Waals surface area (Å²) in [5.74, 6) is -0.999. The van der Waals surface area contributed by atoms with Crippen LogP contribution < -0.4 is 15.8 Å². The number of ether oxygens (including phenoxy) is 2. The summed E-state index contributed by atoms with van der Waals surface area (Å²) >= 11 is 0. The molecule has 0 radical (unpaired) electrons. The number of halogens is 4. The summed E-state index contributed by atoms with van der Waals surface area (Å²) in [6.07, 6.45) is -2.98. The van der Waals surface area contributed by atoms with E-state index in [1.54, 1.807) is 42.5 Å². The second-order valence-corrected chi connectivity index (χ2v) is 9.86. The van der Waals surface area contributed by atoms with Crippen LogP contribution in [0.25, 0.3) is 28.1 Å². The van der Waals surface area contributed by atoms with E-state index in [1.165, 1.54) is 34.9 Å². The van der Waals surface area contributed by atoms with Gasteiger partial charge in [0.05, 0.1) is 17.5 Å². The first-order valence-corrected chi connectivity index (χ1v) is 13.5. The number of nitrogens with one attached hydrogen (secondary N) is 1. The first-order valence-electron chi connectivity index (χ1n) is 13.5. The number of aromatic nitrogens is 4. The fourth-order valence-electron chi connectivity index (χ4n) is 4.43. The Kier molecular flexibility index (Phi) is 9.12. The van der Waals surface area contributed by atoms with Crippen molar-refractivity contribution in [3.63, 3.8) is 0 Å². The van der Waals surface area contributed by atoms with Crippen molar-refractivity contribution in [3.05, 3.63) is 89.9 Å². The maximum Gasteiger partial charge on any atom is 0.393 e. The van der Waals surface area contributed by atoms with Crippen molar-refractivity contribution in [1.82, 2.24) is 24.9 Å². The van der Waals surface area contributed by atoms with E-state index in [1.807, 2.05) is 0 Å². The molecular formula is C30H28F4N6O3. The highest BCUT2D eigenvalue weighted by atomic mass is 19.4. The van der Waals surface area contributed by atoms with Gasteiger partial charge in [0.25, 0.3) is 0 Å². The molecule has 0 aliphatic carbocycles. The SMILES string of the molecule is NC1CCNC1.O=C(OCCOc1cc2nc(-c3nnc4ccc(CC(F)(F)F)cn34)ccc2cc1F)c1ccccc1. The Morgan fingerprint density at radius 1 is 1.05 bits per heavy atom. The van der Waals surface area contributed by atoms with Crippen LogP contribution in [0.15, 0.2) is 72.9 Å². The summed E-state index contributed by atoms with van der Waals surface area (Å²) < 4.78 is 65.1. The molecule has 0 spiro atoms. The summed E-state index contributed by atoms with van der Waals surface area (Å²) in [5, 5.41) is 11.7. The largest absolute Gasteiger partial charge is 0.487 e. The number of carbonyl (C=O) groups excluding carboxylic acids is 1. The first kappa shape index (κ1) is 29.9. The zero-order chi connectivity index (χ0) is 30.4. The van der Waals surface area contributed by atoms with E-state index in [-0.39, 0.29) is 30.4 Å². The van der Waals surface area contributed by atoms with Crippen LogP contribution in [0.1, 0.15) is 22.3 Å². The Hall–Kier alpha value is -4.62. The monoisotopic (exact) mass is 596 g/mol. The smallest absolute Gasteiger partial charge is 0.393 e. The lowest BCUT2D eigenvalue weighted by Crippen LogP contribution is -2.21. The number of fused-ring (bicyclic) bond motifs is 2. The number of rotatable bonds is 7. The fraction of sp³-hybridized carbons (Fsp3) is 0.267. The molecule has 1 saturated heterocycles. The van der Waals surface area contributed by atoms with Gasteiger partial charge in [-0.05, 0) is 48.9 Å². The third kappa shape index (κ3) is 7.81. The molecule has 3 aromatic heterocycles. The molecule has 224 valence electrons. The van der Waals surface area contributed by atoms with Crippen molar-refractivity contribution in [2.24, 2.45) is 5.73 Å². The first-order chi connectivity index (χ1) is 20.7. The van der Waals surface area contributed by atoms with Crippen LogP contribution in [0.5, 0.6) is 5.75 Å². The Morgan fingerprint density at radius 3 is 2.56 bits per heavy atom. The molecule has 1 aliphatic rings. The van der Waals surface area contributed by atoms with Crippen molar-refractivity contribution < 1.29 is 31.8 Å². The minimum absolute atomic E-state index is 0.0487. The quantitative estimate of drug-likeness (QED) is 0.157. The van der Waals surface area contributed by atoms with Gasteiger partial charge in [-0.15, -0.1) is 10.2 Å². The molecular weight excluding hydrogens is 568 g/mol. The lowest BCUT2D eigenvalue weighted by Gasteiger charge is -2.10. The van der Waals surface area contributed by atoms with Crippen LogP contribution in [-0.2, 0) is 11.2 Å². The third-order valence-corrected chi connectivity index (χ3v) is 6.52. The van der Waals surface area contributed by atoms with Gasteiger partial charge in [0.2, 0.25) is 0 Å². The number of nitrogens with zero attached hydrogens (tertiary/aromatic N) is 4. The number of benzene rings is 2. The van der Waals surface area contributed by atoms with Crippen LogP contribution in [0.4, 0.5) is 17.6 Å². The van der Waals surface area contributed by atoms with Crippen molar-refractivity contribution >= 4 is 22.5 Å². The normalized spacial score (nSPS) is 14.9. The number of alkyl halides is 3. The number of carbonyl (C=O) groups is 1. The van der Waals surface area contributed by atoms with Crippen LogP contribution >= 0.6 is 0 Å². The molecule has 1 aliphatic heterocycles. The summed E-state index contributed by atoms with van der Waals surface area (Å²) in [4.78, 5) is 16.5. The molecule has 5 aromatic rings. The molecule has 0 amide bonds. The molecule has 1 fully saturated rings. The van der Waals surface area contributed by atoms with Crippen molar-refractivity contribution in [1.29, 1.82) is 0 Å². The average molecular weight is 597 g/mol. The predicted octanol–water partition coefficient (Wildman–Crippen LogP) is 4.73. The van der Waals surface area contributed by atoms with E-state index in [0.717, 1.165) is 19.5 Å². The van der Waals surface area contributed by atoms with E-state index in [4.69, 9.17) is 15.2 Å². The second-order valence-electron chi connectivity index (χ2n) is 9.86. The number of hydrogen-bond donors (Lipinski definition) is 2. The van der Waals surface area contributed by atoms with E-state index in [2.05, 4.69) is 20.5 Å². The van der Waals surface area contributed by atoms with Gasteiger partial charge < -0.3 is 20.5 Å². The standard InChI is InChI=1S/C26H18F4N4O3.C4H10N2/c27-19-12-18-7-8-20(24-33-32-23-9-6-16(15-34(23)24)14-26(28,29)30)31-21(18)13-22(19)36-10-11-37-25(35)17-4-2-1-3-5-17;5-4-1-2-6-3-4/h1-9,12-13,15H,10-11,14H2;4,6H,1-3,5H2. The highest BCUT2D eigenvalue weighted by molar-refractivity contribution is 5.89. The van der Waals surface area contributed by atoms with E-state index >= 15 is 0 Å². The van der Waals surface area contributed by atoms with Crippen LogP contribution in [0.3, 0.4) is 0 Å². The van der Waals surface area contributed by atoms with Gasteiger partial charge in [-0.2, -0.15) is 13.2 Å². The highest BCUT2D eigenvalue weighted by Crippen LogP contribution is 2.27. The lowest BCUT2D eigenvalue weighted by atomic mass is 10.1. The topological polar surface area (TPSA) is 117 Å². The summed E-state index contributed by atoms with van der Waals surface area (Å²) in [5.41, 5.74) is 6.98. The zero-order valence-corrected chi connectivity index (χ0v) is 22.9. The molecule has 4 heterocycles. The molecule has 43 heavy (non-hydrogen) atoms. The highest BCUT2D eigenvalue weighted by Gasteiger charge is 2.28. The maximum atomic E-state index is 14.6. The minimum atomic E-state index is -4.36. The Morgan fingerprint density at radius 2 is 1.86 bits per heavy atom. The van der Waals surface area contributed by atoms with Gasteiger partial charge in [0.15, 0.2) is 23.0 Å². The van der Waals surface area contributed by atoms with Gasteiger partial charge in [0.1, 0.15) is 18.9 Å². The molecule has 1 atom stereocenters. The fourth-order valence-corrected chi connectivity index (χ4v) is 4.43. The van der Waals surface area contributed by atoms with Crippen molar-refractivity contribution in [3.8, 4) is 17.3 Å². The number of esters is 1. The van der Waals surface area contributed by atoms with Crippen LogP contribution in [0.2, 0.25) is 0 Å². The van der Waals surface area contributed by atoms with Gasteiger partial charge in [-0.25, -0.2) is 14.2 Å². The third-order valence-electron chi connectivity index (χ3n) is 6.52. The summed E-state index contributed by atoms with van der Waals surface area (Å²) in [7, 11) is 0. The molecule has 6 rings (SSSR count). The van der Waals surface area contributed by atoms with Gasteiger partial charge in [0, 0.05) is 30.2 Å². The molecule has 3 N–H and O–H groups in total. The average Bonchev–Trinajstić information content (AvgIpc) is 3.64. The van der Waals surface area contributed by atoms with Gasteiger partial charge in [-0.3, -0.25) is 4.40 Å². The van der Waals surface area contributed by atoms with Crippen LogP contribution in [0, 0.1) is 5.82 Å².